The molecular weight excluding hydrogens is 288 g/mol. The van der Waals surface area contributed by atoms with Crippen LogP contribution in [-0.2, 0) is 14.3 Å². The van der Waals surface area contributed by atoms with Crippen molar-refractivity contribution in [2.75, 3.05) is 18.9 Å². The molecule has 0 saturated carbocycles. The zero-order chi connectivity index (χ0) is 14.8. The number of aliphatic imine (C=N–C) groups is 1. The van der Waals surface area contributed by atoms with Crippen molar-refractivity contribution in [3.8, 4) is 0 Å². The van der Waals surface area contributed by atoms with Crippen LogP contribution in [0.4, 0.5) is 0 Å². The lowest BCUT2D eigenvalue weighted by atomic mass is 9.90. The molecule has 5 nitrogen and oxygen atoms in total. The van der Waals surface area contributed by atoms with Gasteiger partial charge in [0, 0.05) is 12.3 Å². The second-order valence-electron chi connectivity index (χ2n) is 4.86. The Morgan fingerprint density at radius 3 is 2.90 bits per heavy atom. The average molecular weight is 304 g/mol. The van der Waals surface area contributed by atoms with Gasteiger partial charge in [0.15, 0.2) is 11.1 Å². The third-order valence-corrected chi connectivity index (χ3v) is 4.58. The molecule has 2 atom stereocenters. The van der Waals surface area contributed by atoms with E-state index in [9.17, 15) is 9.59 Å². The van der Waals surface area contributed by atoms with Crippen LogP contribution in [0.5, 0.6) is 0 Å². The number of amides is 1. The molecule has 1 aromatic carbocycles. The highest BCUT2D eigenvalue weighted by Gasteiger charge is 2.46. The summed E-state index contributed by atoms with van der Waals surface area (Å²) < 4.78 is 5.09. The van der Waals surface area contributed by atoms with Gasteiger partial charge in [0.2, 0.25) is 0 Å². The van der Waals surface area contributed by atoms with Crippen LogP contribution < -0.4 is 0 Å². The first-order valence-corrected chi connectivity index (χ1v) is 7.94. The van der Waals surface area contributed by atoms with E-state index in [1.807, 2.05) is 35.2 Å². The molecule has 2 aliphatic heterocycles. The summed E-state index contributed by atoms with van der Waals surface area (Å²) in [6.07, 6.45) is 0. The topological polar surface area (TPSA) is 59.0 Å². The smallest absolute Gasteiger partial charge is 0.321 e. The van der Waals surface area contributed by atoms with Gasteiger partial charge in [0.05, 0.1) is 12.6 Å². The Bertz CT molecular complexity index is 588. The molecule has 1 saturated heterocycles. The van der Waals surface area contributed by atoms with Crippen molar-refractivity contribution in [3.05, 3.63) is 35.9 Å². The monoisotopic (exact) mass is 304 g/mol. The molecule has 0 aliphatic carbocycles. The first kappa shape index (κ1) is 14.1. The second kappa shape index (κ2) is 5.89. The Hall–Kier alpha value is -1.82. The zero-order valence-electron chi connectivity index (χ0n) is 11.7. The number of esters is 1. The number of rotatable bonds is 3. The molecule has 2 heterocycles. The normalized spacial score (nSPS) is 24.5. The third-order valence-electron chi connectivity index (χ3n) is 3.61. The van der Waals surface area contributed by atoms with Crippen molar-refractivity contribution in [1.29, 1.82) is 0 Å². The zero-order valence-corrected chi connectivity index (χ0v) is 12.5. The molecule has 2 aliphatic rings. The lowest BCUT2D eigenvalue weighted by Gasteiger charge is -2.36. The number of carbonyl (C=O) groups is 2. The molecule has 0 bridgehead atoms. The molecule has 1 aromatic rings. The number of carbonyl (C=O) groups excluding carboxylic acids is 2. The lowest BCUT2D eigenvalue weighted by Crippen LogP contribution is -2.45. The lowest BCUT2D eigenvalue weighted by molar-refractivity contribution is -0.154. The Morgan fingerprint density at radius 1 is 1.43 bits per heavy atom. The molecule has 0 spiro atoms. The summed E-state index contributed by atoms with van der Waals surface area (Å²) in [7, 11) is 0. The quantitative estimate of drug-likeness (QED) is 0.630. The van der Waals surface area contributed by atoms with E-state index in [1.54, 1.807) is 18.7 Å². The Kier molecular flexibility index (Phi) is 3.96. The number of hydrogen-bond acceptors (Lipinski definition) is 5. The summed E-state index contributed by atoms with van der Waals surface area (Å²) in [5.74, 6) is -0.890. The van der Waals surface area contributed by atoms with Crippen molar-refractivity contribution >= 4 is 28.8 Å². The van der Waals surface area contributed by atoms with Gasteiger partial charge in [-0.05, 0) is 12.5 Å². The summed E-state index contributed by atoms with van der Waals surface area (Å²) in [6.45, 7) is 2.78. The number of fused-ring (bicyclic) bond motifs is 1. The fraction of sp³-hybridized carbons (Fsp3) is 0.400. The van der Waals surface area contributed by atoms with Gasteiger partial charge < -0.3 is 9.64 Å². The highest BCUT2D eigenvalue weighted by atomic mass is 32.2. The van der Waals surface area contributed by atoms with Crippen LogP contribution in [0.1, 0.15) is 18.5 Å². The predicted molar refractivity (Wildman–Crippen MR) is 80.9 cm³/mol. The molecule has 110 valence electrons. The van der Waals surface area contributed by atoms with E-state index >= 15 is 0 Å². The first-order valence-electron chi connectivity index (χ1n) is 6.96. The van der Waals surface area contributed by atoms with Crippen LogP contribution in [0.2, 0.25) is 0 Å². The third kappa shape index (κ3) is 2.55. The van der Waals surface area contributed by atoms with E-state index in [1.165, 1.54) is 0 Å². The summed E-state index contributed by atoms with van der Waals surface area (Å²) in [4.78, 5) is 30.7. The molecule has 21 heavy (non-hydrogen) atoms. The van der Waals surface area contributed by atoms with Gasteiger partial charge in [0.1, 0.15) is 0 Å². The van der Waals surface area contributed by atoms with Crippen LogP contribution >= 0.6 is 11.8 Å². The van der Waals surface area contributed by atoms with Gasteiger partial charge in [-0.1, -0.05) is 42.1 Å². The highest BCUT2D eigenvalue weighted by molar-refractivity contribution is 8.14. The molecule has 6 heteroatoms. The fourth-order valence-electron chi connectivity index (χ4n) is 2.73. The number of hydrogen-bond donors (Lipinski definition) is 0. The van der Waals surface area contributed by atoms with Crippen LogP contribution in [-0.4, -0.2) is 40.8 Å². The summed E-state index contributed by atoms with van der Waals surface area (Å²) in [6, 6.07) is 9.31. The van der Waals surface area contributed by atoms with Gasteiger partial charge in [-0.25, -0.2) is 0 Å². The molecule has 3 rings (SSSR count). The van der Waals surface area contributed by atoms with Crippen molar-refractivity contribution < 1.29 is 14.3 Å². The van der Waals surface area contributed by atoms with Crippen LogP contribution in [0, 0.1) is 5.92 Å². The molecule has 0 N–H and O–H groups in total. The van der Waals surface area contributed by atoms with Gasteiger partial charge in [-0.3, -0.25) is 9.59 Å². The minimum Gasteiger partial charge on any atom is -0.465 e. The molecular formula is C15H16N2O3S. The van der Waals surface area contributed by atoms with Crippen LogP contribution in [0.3, 0.4) is 0 Å². The van der Waals surface area contributed by atoms with Crippen LogP contribution in [0.15, 0.2) is 35.3 Å². The van der Waals surface area contributed by atoms with Gasteiger partial charge in [-0.15, -0.1) is 0 Å². The predicted octanol–water partition coefficient (Wildman–Crippen LogP) is 1.85. The second-order valence-corrected chi connectivity index (χ2v) is 5.92. The molecule has 0 radical (unpaired) electrons. The van der Waals surface area contributed by atoms with E-state index in [2.05, 4.69) is 4.99 Å². The molecule has 2 unspecified atom stereocenters. The Morgan fingerprint density at radius 2 is 2.19 bits per heavy atom. The Balaban J connectivity index is 2.03. The summed E-state index contributed by atoms with van der Waals surface area (Å²) in [5, 5.41) is 0.717. The number of nitrogens with zero attached hydrogens (tertiary/aromatic N) is 2. The summed E-state index contributed by atoms with van der Waals surface area (Å²) >= 11 is 1.56. The fourth-order valence-corrected chi connectivity index (χ4v) is 3.73. The summed E-state index contributed by atoms with van der Waals surface area (Å²) in [5.41, 5.74) is 0.943. The van der Waals surface area contributed by atoms with E-state index in [4.69, 9.17) is 4.74 Å². The number of amidine groups is 1. The SMILES string of the molecule is CCOC(=O)C1C(=O)N=C2SCCN2C1c1ccccc1. The van der Waals surface area contributed by atoms with Crippen molar-refractivity contribution in [1.82, 2.24) is 4.90 Å². The molecule has 0 aromatic heterocycles. The largest absolute Gasteiger partial charge is 0.465 e. The van der Waals surface area contributed by atoms with Crippen molar-refractivity contribution in [3.63, 3.8) is 0 Å². The number of thioether (sulfide) groups is 1. The van der Waals surface area contributed by atoms with E-state index in [0.29, 0.717) is 0 Å². The number of benzene rings is 1. The maximum absolute atomic E-state index is 12.3. The maximum atomic E-state index is 12.3. The maximum Gasteiger partial charge on any atom is 0.321 e. The van der Waals surface area contributed by atoms with Crippen molar-refractivity contribution in [2.24, 2.45) is 10.9 Å². The highest BCUT2D eigenvalue weighted by Crippen LogP contribution is 2.39. The number of ether oxygens (including phenoxy) is 1. The van der Waals surface area contributed by atoms with Crippen LogP contribution in [0.25, 0.3) is 0 Å². The van der Waals surface area contributed by atoms with Gasteiger partial charge in [-0.2, -0.15) is 4.99 Å². The minimum absolute atomic E-state index is 0.259. The van der Waals surface area contributed by atoms with Gasteiger partial charge >= 0.3 is 5.97 Å². The Labute approximate surface area is 127 Å². The molecule has 1 fully saturated rings. The van der Waals surface area contributed by atoms with Crippen molar-refractivity contribution in [2.45, 2.75) is 13.0 Å². The van der Waals surface area contributed by atoms with Gasteiger partial charge in [0.25, 0.3) is 5.91 Å². The molecule has 1 amide bonds. The van der Waals surface area contributed by atoms with E-state index in [0.717, 1.165) is 23.0 Å². The van der Waals surface area contributed by atoms with E-state index < -0.39 is 17.8 Å². The average Bonchev–Trinajstić information content (AvgIpc) is 2.94. The minimum atomic E-state index is -0.880. The standard InChI is InChI=1S/C15H16N2O3S/c1-2-20-14(19)11-12(10-6-4-3-5-7-10)17-8-9-21-15(17)16-13(11)18/h3-7,11-12H,2,8-9H2,1H3. The van der Waals surface area contributed by atoms with E-state index in [-0.39, 0.29) is 12.6 Å². The first-order chi connectivity index (χ1) is 10.2.